The highest BCUT2D eigenvalue weighted by molar-refractivity contribution is 6.30. The quantitative estimate of drug-likeness (QED) is 0.571. The molecule has 1 amide bonds. The van der Waals surface area contributed by atoms with E-state index in [-0.39, 0.29) is 11.8 Å². The minimum atomic E-state index is 0.0181. The third kappa shape index (κ3) is 5.44. The fraction of sp³-hybridized carbons (Fsp3) is 0.273. The van der Waals surface area contributed by atoms with Crippen LogP contribution in [0.5, 0.6) is 0 Å². The van der Waals surface area contributed by atoms with Crippen LogP contribution in [0.1, 0.15) is 29.9 Å². The Labute approximate surface area is 165 Å². The second-order valence-electron chi connectivity index (χ2n) is 6.66. The first-order chi connectivity index (χ1) is 13.1. The molecule has 0 N–H and O–H groups in total. The first-order valence-corrected chi connectivity index (χ1v) is 9.53. The summed E-state index contributed by atoms with van der Waals surface area (Å²) >= 11 is 6.04. The van der Waals surface area contributed by atoms with Gasteiger partial charge in [0.25, 0.3) is 0 Å². The number of carbonyl (C=O) groups excluding carboxylic acids is 1. The lowest BCUT2D eigenvalue weighted by molar-refractivity contribution is -0.130. The molecular formula is C22H24ClN3O. The van der Waals surface area contributed by atoms with Gasteiger partial charge in [-0.2, -0.15) is 5.10 Å². The number of aryl methyl sites for hydroxylation is 1. The molecular weight excluding hydrogens is 358 g/mol. The van der Waals surface area contributed by atoms with Crippen molar-refractivity contribution < 1.29 is 4.79 Å². The topological polar surface area (TPSA) is 38.1 Å². The van der Waals surface area contributed by atoms with Gasteiger partial charge in [0.1, 0.15) is 0 Å². The number of hydrogen-bond acceptors (Lipinski definition) is 2. The van der Waals surface area contributed by atoms with E-state index >= 15 is 0 Å². The molecule has 27 heavy (non-hydrogen) atoms. The Morgan fingerprint density at radius 2 is 1.78 bits per heavy atom. The lowest BCUT2D eigenvalue weighted by Gasteiger charge is -2.22. The SMILES string of the molecule is CN(CCCn1cccn1)C(=O)C[C@@H](c1ccccc1)c1ccc(Cl)cc1. The van der Waals surface area contributed by atoms with Crippen LogP contribution in [0.25, 0.3) is 0 Å². The van der Waals surface area contributed by atoms with Gasteiger partial charge in [0.15, 0.2) is 0 Å². The van der Waals surface area contributed by atoms with E-state index in [2.05, 4.69) is 17.2 Å². The molecule has 1 atom stereocenters. The molecule has 0 saturated carbocycles. The van der Waals surface area contributed by atoms with E-state index in [9.17, 15) is 4.79 Å². The number of carbonyl (C=O) groups is 1. The van der Waals surface area contributed by atoms with Crippen molar-refractivity contribution in [2.75, 3.05) is 13.6 Å². The summed E-state index contributed by atoms with van der Waals surface area (Å²) in [6.07, 6.45) is 5.02. The third-order valence-electron chi connectivity index (χ3n) is 4.72. The number of hydrogen-bond donors (Lipinski definition) is 0. The standard InChI is InChI=1S/C22H24ClN3O/c1-25(14-6-16-26-15-5-13-24-26)22(27)17-21(18-7-3-2-4-8-18)19-9-11-20(23)12-10-19/h2-5,7-13,15,21H,6,14,16-17H2,1H3/t21-/m0/s1. The fourth-order valence-electron chi connectivity index (χ4n) is 3.17. The molecule has 0 radical (unpaired) electrons. The number of benzene rings is 2. The molecule has 3 aromatic rings. The number of rotatable bonds is 8. The molecule has 0 saturated heterocycles. The Balaban J connectivity index is 1.65. The summed E-state index contributed by atoms with van der Waals surface area (Å²) in [5.41, 5.74) is 2.24. The molecule has 0 bridgehead atoms. The Kier molecular flexibility index (Phi) is 6.66. The zero-order valence-electron chi connectivity index (χ0n) is 15.5. The number of amides is 1. The zero-order valence-corrected chi connectivity index (χ0v) is 16.2. The van der Waals surface area contributed by atoms with Gasteiger partial charge in [-0.1, -0.05) is 54.1 Å². The van der Waals surface area contributed by atoms with Crippen molar-refractivity contribution in [3.8, 4) is 0 Å². The van der Waals surface area contributed by atoms with Crippen LogP contribution in [0.2, 0.25) is 5.02 Å². The summed E-state index contributed by atoms with van der Waals surface area (Å²) in [6.45, 7) is 1.52. The highest BCUT2D eigenvalue weighted by Crippen LogP contribution is 2.29. The molecule has 3 rings (SSSR count). The average molecular weight is 382 g/mol. The Hall–Kier alpha value is -2.59. The zero-order chi connectivity index (χ0) is 19.1. The lowest BCUT2D eigenvalue weighted by atomic mass is 9.88. The molecule has 0 aliphatic rings. The number of nitrogens with zero attached hydrogens (tertiary/aromatic N) is 3. The minimum Gasteiger partial charge on any atom is -0.346 e. The molecule has 0 aliphatic heterocycles. The van der Waals surface area contributed by atoms with Gasteiger partial charge in [0.2, 0.25) is 5.91 Å². The second-order valence-corrected chi connectivity index (χ2v) is 7.09. The summed E-state index contributed by atoms with van der Waals surface area (Å²) in [4.78, 5) is 14.7. The van der Waals surface area contributed by atoms with Crippen LogP contribution < -0.4 is 0 Å². The van der Waals surface area contributed by atoms with E-state index in [1.165, 1.54) is 0 Å². The largest absolute Gasteiger partial charge is 0.346 e. The van der Waals surface area contributed by atoms with Gasteiger partial charge in [-0.25, -0.2) is 0 Å². The van der Waals surface area contributed by atoms with Crippen LogP contribution in [-0.4, -0.2) is 34.2 Å². The summed E-state index contributed by atoms with van der Waals surface area (Å²) in [5, 5.41) is 4.90. The first-order valence-electron chi connectivity index (χ1n) is 9.15. The van der Waals surface area contributed by atoms with Gasteiger partial charge in [-0.3, -0.25) is 9.48 Å². The Morgan fingerprint density at radius 1 is 1.07 bits per heavy atom. The molecule has 4 nitrogen and oxygen atoms in total. The summed E-state index contributed by atoms with van der Waals surface area (Å²) in [5.74, 6) is 0.156. The van der Waals surface area contributed by atoms with E-state index in [1.54, 1.807) is 6.20 Å². The molecule has 2 aromatic carbocycles. The first kappa shape index (κ1) is 19.2. The normalized spacial score (nSPS) is 11.9. The second kappa shape index (κ2) is 9.38. The van der Waals surface area contributed by atoms with Gasteiger partial charge in [-0.05, 0) is 35.7 Å². The van der Waals surface area contributed by atoms with Gasteiger partial charge in [-0.15, -0.1) is 0 Å². The smallest absolute Gasteiger partial charge is 0.223 e. The van der Waals surface area contributed by atoms with Crippen LogP contribution in [0.15, 0.2) is 73.1 Å². The maximum absolute atomic E-state index is 12.8. The number of aromatic nitrogens is 2. The van der Waals surface area contributed by atoms with Crippen molar-refractivity contribution in [3.05, 3.63) is 89.2 Å². The molecule has 0 unspecified atom stereocenters. The predicted octanol–water partition coefficient (Wildman–Crippen LogP) is 4.61. The van der Waals surface area contributed by atoms with Crippen LogP contribution >= 0.6 is 11.6 Å². The molecule has 1 aromatic heterocycles. The van der Waals surface area contributed by atoms with Crippen LogP contribution in [0, 0.1) is 0 Å². The summed E-state index contributed by atoms with van der Waals surface area (Å²) in [7, 11) is 1.87. The molecule has 1 heterocycles. The van der Waals surface area contributed by atoms with Crippen molar-refractivity contribution in [1.29, 1.82) is 0 Å². The van der Waals surface area contributed by atoms with E-state index in [4.69, 9.17) is 11.6 Å². The summed E-state index contributed by atoms with van der Waals surface area (Å²) < 4.78 is 1.89. The number of halogens is 1. The van der Waals surface area contributed by atoms with Gasteiger partial charge in [0, 0.05) is 49.9 Å². The molecule has 0 spiro atoms. The van der Waals surface area contributed by atoms with Crippen molar-refractivity contribution >= 4 is 17.5 Å². The molecule has 140 valence electrons. The fourth-order valence-corrected chi connectivity index (χ4v) is 3.29. The van der Waals surface area contributed by atoms with E-state index in [0.717, 1.165) is 24.1 Å². The van der Waals surface area contributed by atoms with Crippen LogP contribution in [0.3, 0.4) is 0 Å². The average Bonchev–Trinajstić information content (AvgIpc) is 3.21. The van der Waals surface area contributed by atoms with Crippen molar-refractivity contribution in [1.82, 2.24) is 14.7 Å². The van der Waals surface area contributed by atoms with Crippen molar-refractivity contribution in [2.24, 2.45) is 0 Å². The van der Waals surface area contributed by atoms with E-state index in [0.29, 0.717) is 18.0 Å². The predicted molar refractivity (Wildman–Crippen MR) is 109 cm³/mol. The maximum Gasteiger partial charge on any atom is 0.223 e. The van der Waals surface area contributed by atoms with Crippen LogP contribution in [-0.2, 0) is 11.3 Å². The molecule has 5 heteroatoms. The highest BCUT2D eigenvalue weighted by Gasteiger charge is 2.20. The molecule has 0 fully saturated rings. The van der Waals surface area contributed by atoms with Gasteiger partial charge >= 0.3 is 0 Å². The van der Waals surface area contributed by atoms with Crippen LogP contribution in [0.4, 0.5) is 0 Å². The third-order valence-corrected chi connectivity index (χ3v) is 4.97. The van der Waals surface area contributed by atoms with E-state index < -0.39 is 0 Å². The monoisotopic (exact) mass is 381 g/mol. The van der Waals surface area contributed by atoms with E-state index in [1.807, 2.05) is 71.4 Å². The Morgan fingerprint density at radius 3 is 2.44 bits per heavy atom. The summed E-state index contributed by atoms with van der Waals surface area (Å²) in [6, 6.07) is 19.8. The maximum atomic E-state index is 12.8. The minimum absolute atomic E-state index is 0.0181. The molecule has 0 aliphatic carbocycles. The van der Waals surface area contributed by atoms with Gasteiger partial charge in [0.05, 0.1) is 0 Å². The van der Waals surface area contributed by atoms with Crippen molar-refractivity contribution in [3.63, 3.8) is 0 Å². The van der Waals surface area contributed by atoms with Gasteiger partial charge < -0.3 is 4.90 Å². The lowest BCUT2D eigenvalue weighted by Crippen LogP contribution is -2.29. The Bertz CT molecular complexity index is 832. The van der Waals surface area contributed by atoms with Crippen molar-refractivity contribution in [2.45, 2.75) is 25.3 Å². The highest BCUT2D eigenvalue weighted by atomic mass is 35.5.